The van der Waals surface area contributed by atoms with Gasteiger partial charge < -0.3 is 24.6 Å². The smallest absolute Gasteiger partial charge is 0.410 e. The summed E-state index contributed by atoms with van der Waals surface area (Å²) in [6.07, 6.45) is -0.262. The average Bonchev–Trinajstić information content (AvgIpc) is 3.77. The van der Waals surface area contributed by atoms with Crippen molar-refractivity contribution >= 4 is 17.9 Å². The number of alkyl halides is 1. The van der Waals surface area contributed by atoms with Gasteiger partial charge in [0.05, 0.1) is 19.2 Å². The van der Waals surface area contributed by atoms with Crippen LogP contribution in [0.1, 0.15) is 47.9 Å². The molecule has 2 saturated heterocycles. The second-order valence-corrected chi connectivity index (χ2v) is 11.2. The fourth-order valence-electron chi connectivity index (χ4n) is 5.67. The molecule has 42 heavy (non-hydrogen) atoms. The van der Waals surface area contributed by atoms with Gasteiger partial charge >= 0.3 is 6.09 Å². The Kier molecular flexibility index (Phi) is 9.69. The number of ether oxygens (including phenoxy) is 2. The Morgan fingerprint density at radius 2 is 1.76 bits per heavy atom. The second kappa shape index (κ2) is 13.6. The number of nitrogens with zero attached hydrogens (tertiary/aromatic N) is 3. The number of hydrogen-bond acceptors (Lipinski definition) is 6. The Labute approximate surface area is 244 Å². The lowest BCUT2D eigenvalue weighted by Gasteiger charge is -2.34. The van der Waals surface area contributed by atoms with Gasteiger partial charge in [-0.15, -0.1) is 0 Å². The Morgan fingerprint density at radius 1 is 1.02 bits per heavy atom. The molecule has 2 aromatic rings. The topological polar surface area (TPSA) is 91.4 Å². The summed E-state index contributed by atoms with van der Waals surface area (Å²) in [5.41, 5.74) is 1.96. The van der Waals surface area contributed by atoms with Crippen molar-refractivity contribution in [2.75, 3.05) is 59.6 Å². The molecule has 2 heterocycles. The van der Waals surface area contributed by atoms with E-state index in [0.29, 0.717) is 43.9 Å². The number of likely N-dealkylation sites (tertiary alicyclic amines) is 1. The van der Waals surface area contributed by atoms with Crippen LogP contribution >= 0.6 is 0 Å². The van der Waals surface area contributed by atoms with Crippen molar-refractivity contribution in [1.29, 1.82) is 0 Å². The van der Waals surface area contributed by atoms with Gasteiger partial charge in [-0.3, -0.25) is 14.5 Å². The molecule has 0 aromatic heterocycles. The summed E-state index contributed by atoms with van der Waals surface area (Å²) in [6, 6.07) is 12.4. The van der Waals surface area contributed by atoms with Gasteiger partial charge in [0.25, 0.3) is 5.91 Å². The van der Waals surface area contributed by atoms with E-state index < -0.39 is 42.8 Å². The van der Waals surface area contributed by atoms with Gasteiger partial charge in [-0.2, -0.15) is 0 Å². The molecule has 1 aliphatic carbocycles. The minimum absolute atomic E-state index is 0.175. The van der Waals surface area contributed by atoms with E-state index in [-0.39, 0.29) is 24.7 Å². The number of hydrogen-bond donors (Lipinski definition) is 1. The van der Waals surface area contributed by atoms with Crippen molar-refractivity contribution in [3.8, 4) is 0 Å². The third-order valence-electron chi connectivity index (χ3n) is 8.23. The molecule has 3 unspecified atom stereocenters. The van der Waals surface area contributed by atoms with Crippen molar-refractivity contribution < 1.29 is 32.6 Å². The number of nitrogens with one attached hydrogen (secondary N) is 1. The molecule has 2 aromatic carbocycles. The number of amides is 3. The van der Waals surface area contributed by atoms with Crippen molar-refractivity contribution in [1.82, 2.24) is 20.0 Å². The summed E-state index contributed by atoms with van der Waals surface area (Å²) < 4.78 is 39.9. The minimum atomic E-state index is -1.40. The van der Waals surface area contributed by atoms with Crippen LogP contribution in [-0.2, 0) is 19.1 Å². The van der Waals surface area contributed by atoms with Gasteiger partial charge in [0.2, 0.25) is 5.91 Å². The fraction of sp³-hybridized carbons (Fsp3) is 0.516. The number of piperazine rings is 1. The van der Waals surface area contributed by atoms with Gasteiger partial charge in [-0.25, -0.2) is 13.6 Å². The lowest BCUT2D eigenvalue weighted by Crippen LogP contribution is -2.51. The highest BCUT2D eigenvalue weighted by Crippen LogP contribution is 2.42. The number of carbonyl (C=O) groups excluding carboxylic acids is 3. The molecule has 2 aliphatic heterocycles. The standard InChI is InChI=1S/C31H38F2N4O5/c1-41-16-15-35-11-13-36(14-12-35)31(40)42-20-28(38)37-19-24(32)18-27(37)30(39)34-29(22-5-3-2-4-6-22)23-9-10-25(21-7-8-21)26(33)17-23/h2-6,9-10,17,21,24,27,29H,7-8,11-16,18-20H2,1H3,(H,34,39). The maximum absolute atomic E-state index is 15.0. The van der Waals surface area contributed by atoms with Crippen LogP contribution in [0.3, 0.4) is 0 Å². The SMILES string of the molecule is COCCN1CCN(C(=O)OCC(=O)N2CC(F)CC2C(=O)NC(c2ccccc2)c2ccc(C3CC3)c(F)c2)CC1. The van der Waals surface area contributed by atoms with E-state index in [4.69, 9.17) is 9.47 Å². The highest BCUT2D eigenvalue weighted by atomic mass is 19.1. The van der Waals surface area contributed by atoms with Crippen molar-refractivity contribution in [3.63, 3.8) is 0 Å². The van der Waals surface area contributed by atoms with Crippen LogP contribution in [-0.4, -0.2) is 104 Å². The molecule has 226 valence electrons. The van der Waals surface area contributed by atoms with E-state index in [9.17, 15) is 23.2 Å². The van der Waals surface area contributed by atoms with Gasteiger partial charge in [-0.05, 0) is 41.5 Å². The monoisotopic (exact) mass is 584 g/mol. The van der Waals surface area contributed by atoms with E-state index in [1.165, 1.54) is 11.0 Å². The first kappa shape index (κ1) is 29.9. The first-order valence-corrected chi connectivity index (χ1v) is 14.5. The molecule has 1 N–H and O–H groups in total. The van der Waals surface area contributed by atoms with Crippen molar-refractivity contribution in [2.24, 2.45) is 0 Å². The third kappa shape index (κ3) is 7.25. The van der Waals surface area contributed by atoms with Gasteiger partial charge in [0.1, 0.15) is 18.0 Å². The van der Waals surface area contributed by atoms with Crippen LogP contribution in [0.4, 0.5) is 13.6 Å². The van der Waals surface area contributed by atoms with Gasteiger partial charge in [0, 0.05) is 46.3 Å². The molecule has 0 spiro atoms. The summed E-state index contributed by atoms with van der Waals surface area (Å²) >= 11 is 0. The zero-order chi connectivity index (χ0) is 29.6. The van der Waals surface area contributed by atoms with E-state index in [2.05, 4.69) is 10.2 Å². The van der Waals surface area contributed by atoms with E-state index >= 15 is 0 Å². The molecule has 5 rings (SSSR count). The number of halogens is 2. The van der Waals surface area contributed by atoms with Gasteiger partial charge in [-0.1, -0.05) is 42.5 Å². The molecule has 3 atom stereocenters. The van der Waals surface area contributed by atoms with Crippen LogP contribution in [0.2, 0.25) is 0 Å². The van der Waals surface area contributed by atoms with Crippen LogP contribution in [0.15, 0.2) is 48.5 Å². The highest BCUT2D eigenvalue weighted by molar-refractivity contribution is 5.90. The van der Waals surface area contributed by atoms with Crippen LogP contribution in [0, 0.1) is 5.82 Å². The number of benzene rings is 2. The number of rotatable bonds is 10. The molecule has 0 bridgehead atoms. The molecule has 11 heteroatoms. The molecule has 1 saturated carbocycles. The van der Waals surface area contributed by atoms with E-state index in [1.807, 2.05) is 30.3 Å². The summed E-state index contributed by atoms with van der Waals surface area (Å²) in [7, 11) is 1.64. The zero-order valence-corrected chi connectivity index (χ0v) is 23.8. The van der Waals surface area contributed by atoms with Crippen LogP contribution in [0.5, 0.6) is 0 Å². The predicted octanol–water partition coefficient (Wildman–Crippen LogP) is 3.25. The summed E-state index contributed by atoms with van der Waals surface area (Å²) in [5, 5.41) is 2.93. The molecular formula is C31H38F2N4O5. The Hall–Kier alpha value is -3.57. The van der Waals surface area contributed by atoms with Crippen LogP contribution < -0.4 is 5.32 Å². The molecule has 3 aliphatic rings. The Morgan fingerprint density at radius 3 is 2.43 bits per heavy atom. The quantitative estimate of drug-likeness (QED) is 0.461. The lowest BCUT2D eigenvalue weighted by molar-refractivity contribution is -0.141. The number of methoxy groups -OCH3 is 1. The Bertz CT molecular complexity index is 1250. The first-order chi connectivity index (χ1) is 20.3. The highest BCUT2D eigenvalue weighted by Gasteiger charge is 2.41. The first-order valence-electron chi connectivity index (χ1n) is 14.5. The molecule has 9 nitrogen and oxygen atoms in total. The number of carbonyl (C=O) groups is 3. The van der Waals surface area contributed by atoms with Crippen LogP contribution in [0.25, 0.3) is 0 Å². The Balaban J connectivity index is 1.22. The third-order valence-corrected chi connectivity index (χ3v) is 8.23. The average molecular weight is 585 g/mol. The second-order valence-electron chi connectivity index (χ2n) is 11.2. The van der Waals surface area contributed by atoms with Gasteiger partial charge in [0.15, 0.2) is 6.61 Å². The lowest BCUT2D eigenvalue weighted by atomic mass is 9.96. The fourth-order valence-corrected chi connectivity index (χ4v) is 5.67. The largest absolute Gasteiger partial charge is 0.439 e. The molecular weight excluding hydrogens is 546 g/mol. The van der Waals surface area contributed by atoms with E-state index in [1.54, 1.807) is 19.2 Å². The van der Waals surface area contributed by atoms with E-state index in [0.717, 1.165) is 29.8 Å². The zero-order valence-electron chi connectivity index (χ0n) is 23.8. The molecule has 0 radical (unpaired) electrons. The maximum atomic E-state index is 15.0. The van der Waals surface area contributed by atoms with Crippen molar-refractivity contribution in [2.45, 2.75) is 43.4 Å². The predicted molar refractivity (Wildman–Crippen MR) is 151 cm³/mol. The summed E-state index contributed by atoms with van der Waals surface area (Å²) in [5.74, 6) is -1.27. The maximum Gasteiger partial charge on any atom is 0.410 e. The van der Waals surface area contributed by atoms with Crippen molar-refractivity contribution in [3.05, 3.63) is 71.0 Å². The summed E-state index contributed by atoms with van der Waals surface area (Å²) in [4.78, 5) is 44.0. The molecule has 3 amide bonds. The summed E-state index contributed by atoms with van der Waals surface area (Å²) in [6.45, 7) is 2.77. The minimum Gasteiger partial charge on any atom is -0.439 e. The normalized spacial score (nSPS) is 21.7. The molecule has 3 fully saturated rings.